The summed E-state index contributed by atoms with van der Waals surface area (Å²) in [6.45, 7) is 2.34. The van der Waals surface area contributed by atoms with Gasteiger partial charge in [0.15, 0.2) is 0 Å². The fourth-order valence-electron chi connectivity index (χ4n) is 4.14. The van der Waals surface area contributed by atoms with E-state index in [1.807, 2.05) is 31.2 Å². The van der Waals surface area contributed by atoms with Gasteiger partial charge in [-0.3, -0.25) is 4.79 Å². The summed E-state index contributed by atoms with van der Waals surface area (Å²) in [7, 11) is 0. The third kappa shape index (κ3) is 2.73. The van der Waals surface area contributed by atoms with E-state index >= 15 is 0 Å². The number of hydrogen-bond acceptors (Lipinski definition) is 3. The van der Waals surface area contributed by atoms with Gasteiger partial charge in [0.1, 0.15) is 6.61 Å². The van der Waals surface area contributed by atoms with Gasteiger partial charge in [-0.25, -0.2) is 4.79 Å². The molecule has 0 bridgehead atoms. The maximum Gasteiger partial charge on any atom is 0.410 e. The summed E-state index contributed by atoms with van der Waals surface area (Å²) in [6, 6.07) is 16.3. The zero-order valence-electron chi connectivity index (χ0n) is 14.6. The number of benzene rings is 2. The Morgan fingerprint density at radius 2 is 1.65 bits per heavy atom. The molecule has 26 heavy (non-hydrogen) atoms. The Labute approximate surface area is 152 Å². The molecular formula is C21H21NO4. The van der Waals surface area contributed by atoms with E-state index in [-0.39, 0.29) is 25.1 Å². The number of carbonyl (C=O) groups excluding carboxylic acids is 1. The smallest absolute Gasteiger partial charge is 0.410 e. The quantitative estimate of drug-likeness (QED) is 0.915. The van der Waals surface area contributed by atoms with Crippen LogP contribution in [0.2, 0.25) is 0 Å². The van der Waals surface area contributed by atoms with Crippen LogP contribution in [0.4, 0.5) is 4.79 Å². The van der Waals surface area contributed by atoms with E-state index in [0.29, 0.717) is 6.42 Å². The van der Waals surface area contributed by atoms with Crippen LogP contribution in [-0.4, -0.2) is 41.3 Å². The molecule has 1 aliphatic carbocycles. The number of ether oxygens (including phenoxy) is 1. The lowest BCUT2D eigenvalue weighted by atomic mass is 9.98. The number of carbonyl (C=O) groups is 2. The first-order chi connectivity index (χ1) is 12.6. The van der Waals surface area contributed by atoms with Crippen LogP contribution in [0.15, 0.2) is 48.5 Å². The van der Waals surface area contributed by atoms with Crippen molar-refractivity contribution in [2.45, 2.75) is 25.3 Å². The van der Waals surface area contributed by atoms with Crippen molar-refractivity contribution < 1.29 is 19.4 Å². The zero-order chi connectivity index (χ0) is 18.3. The Bertz CT molecular complexity index is 817. The second-order valence-electron chi connectivity index (χ2n) is 7.08. The van der Waals surface area contributed by atoms with E-state index < -0.39 is 18.0 Å². The van der Waals surface area contributed by atoms with Crippen LogP contribution in [0.25, 0.3) is 11.1 Å². The van der Waals surface area contributed by atoms with Gasteiger partial charge in [0.05, 0.1) is 5.92 Å². The number of carboxylic acids is 1. The highest BCUT2D eigenvalue weighted by atomic mass is 16.6. The third-order valence-electron chi connectivity index (χ3n) is 5.49. The van der Waals surface area contributed by atoms with Gasteiger partial charge in [-0.15, -0.1) is 0 Å². The van der Waals surface area contributed by atoms with Gasteiger partial charge in [-0.05, 0) is 35.6 Å². The van der Waals surface area contributed by atoms with Crippen LogP contribution in [0, 0.1) is 5.92 Å². The fourth-order valence-corrected chi connectivity index (χ4v) is 4.14. The Morgan fingerprint density at radius 1 is 1.08 bits per heavy atom. The maximum absolute atomic E-state index is 12.5. The molecule has 134 valence electrons. The van der Waals surface area contributed by atoms with Gasteiger partial charge in [0.25, 0.3) is 0 Å². The molecule has 0 spiro atoms. The van der Waals surface area contributed by atoms with E-state index in [1.54, 1.807) is 0 Å². The van der Waals surface area contributed by atoms with Crippen molar-refractivity contribution >= 4 is 12.1 Å². The summed E-state index contributed by atoms with van der Waals surface area (Å²) in [5.41, 5.74) is 4.70. The molecule has 1 saturated heterocycles. The van der Waals surface area contributed by atoms with Crippen LogP contribution in [0.5, 0.6) is 0 Å². The number of aliphatic carboxylic acids is 1. The van der Waals surface area contributed by atoms with Gasteiger partial charge in [-0.1, -0.05) is 48.5 Å². The van der Waals surface area contributed by atoms with E-state index in [4.69, 9.17) is 4.74 Å². The lowest BCUT2D eigenvalue weighted by Crippen LogP contribution is -2.35. The number of carboxylic acid groups (broad SMARTS) is 1. The highest BCUT2D eigenvalue weighted by Gasteiger charge is 2.38. The van der Waals surface area contributed by atoms with Crippen molar-refractivity contribution in [3.05, 3.63) is 59.7 Å². The predicted octanol–water partition coefficient (Wildman–Crippen LogP) is 3.73. The second kappa shape index (κ2) is 6.48. The third-order valence-corrected chi connectivity index (χ3v) is 5.49. The highest BCUT2D eigenvalue weighted by molar-refractivity contribution is 5.79. The number of hydrogen-bond donors (Lipinski definition) is 1. The van der Waals surface area contributed by atoms with Crippen molar-refractivity contribution in [3.8, 4) is 11.1 Å². The minimum atomic E-state index is -0.856. The Kier molecular flexibility index (Phi) is 4.15. The molecule has 1 aliphatic heterocycles. The lowest BCUT2D eigenvalue weighted by molar-refractivity contribution is -0.141. The fraction of sp³-hybridized carbons (Fsp3) is 0.333. The van der Waals surface area contributed by atoms with Gasteiger partial charge in [0, 0.05) is 18.5 Å². The Balaban J connectivity index is 1.50. The molecule has 2 aromatic carbocycles. The van der Waals surface area contributed by atoms with Gasteiger partial charge in [0.2, 0.25) is 0 Å². The minimum absolute atomic E-state index is 0.0135. The summed E-state index contributed by atoms with van der Waals surface area (Å²) in [5, 5.41) is 9.17. The normalized spacial score (nSPS) is 21.3. The number of rotatable bonds is 3. The average molecular weight is 351 g/mol. The Morgan fingerprint density at radius 3 is 2.19 bits per heavy atom. The first-order valence-corrected chi connectivity index (χ1v) is 8.90. The molecule has 0 unspecified atom stereocenters. The van der Waals surface area contributed by atoms with Crippen molar-refractivity contribution in [3.63, 3.8) is 0 Å². The Hall–Kier alpha value is -2.82. The molecule has 5 nitrogen and oxygen atoms in total. The predicted molar refractivity (Wildman–Crippen MR) is 97.0 cm³/mol. The molecule has 2 aliphatic rings. The SMILES string of the molecule is C[C@@H]1C[C@H](C(=O)O)CN1C(=O)OCC1c2ccccc2-c2ccccc21. The molecular weight excluding hydrogens is 330 g/mol. The van der Waals surface area contributed by atoms with Crippen LogP contribution in [0.1, 0.15) is 30.4 Å². The molecule has 5 heteroatoms. The van der Waals surface area contributed by atoms with Crippen molar-refractivity contribution in [1.82, 2.24) is 4.90 Å². The van der Waals surface area contributed by atoms with E-state index in [2.05, 4.69) is 24.3 Å². The highest BCUT2D eigenvalue weighted by Crippen LogP contribution is 2.44. The molecule has 0 saturated carbocycles. The average Bonchev–Trinajstić information content (AvgIpc) is 3.19. The van der Waals surface area contributed by atoms with Gasteiger partial charge in [-0.2, -0.15) is 0 Å². The zero-order valence-corrected chi connectivity index (χ0v) is 14.6. The second-order valence-corrected chi connectivity index (χ2v) is 7.08. The van der Waals surface area contributed by atoms with Crippen molar-refractivity contribution in [2.24, 2.45) is 5.92 Å². The van der Waals surface area contributed by atoms with E-state index in [1.165, 1.54) is 27.2 Å². The standard InChI is InChI=1S/C21H21NO4/c1-13-10-14(20(23)24)11-22(13)21(25)26-12-19-17-8-4-2-6-15(17)16-7-3-5-9-18(16)19/h2-9,13-14,19H,10-12H2,1H3,(H,23,24)/t13-,14+/m1/s1. The number of likely N-dealkylation sites (tertiary alicyclic amines) is 1. The lowest BCUT2D eigenvalue weighted by Gasteiger charge is -2.22. The monoisotopic (exact) mass is 351 g/mol. The maximum atomic E-state index is 12.5. The van der Waals surface area contributed by atoms with Crippen LogP contribution >= 0.6 is 0 Å². The van der Waals surface area contributed by atoms with Crippen LogP contribution in [0.3, 0.4) is 0 Å². The molecule has 0 aromatic heterocycles. The van der Waals surface area contributed by atoms with E-state index in [9.17, 15) is 14.7 Å². The first kappa shape index (κ1) is 16.6. The number of amides is 1. The van der Waals surface area contributed by atoms with Crippen molar-refractivity contribution in [2.75, 3.05) is 13.2 Å². The van der Waals surface area contributed by atoms with Crippen molar-refractivity contribution in [1.29, 1.82) is 0 Å². The molecule has 1 heterocycles. The molecule has 2 aromatic rings. The van der Waals surface area contributed by atoms with Crippen LogP contribution < -0.4 is 0 Å². The summed E-state index contributed by atoms with van der Waals surface area (Å²) >= 11 is 0. The summed E-state index contributed by atoms with van der Waals surface area (Å²) in [6.07, 6.45) is 0.0441. The molecule has 0 radical (unpaired) electrons. The summed E-state index contributed by atoms with van der Waals surface area (Å²) < 4.78 is 5.62. The largest absolute Gasteiger partial charge is 0.481 e. The first-order valence-electron chi connectivity index (χ1n) is 8.90. The summed E-state index contributed by atoms with van der Waals surface area (Å²) in [4.78, 5) is 25.2. The van der Waals surface area contributed by atoms with Crippen LogP contribution in [-0.2, 0) is 9.53 Å². The molecule has 4 rings (SSSR count). The minimum Gasteiger partial charge on any atom is -0.481 e. The number of nitrogens with zero attached hydrogens (tertiary/aromatic N) is 1. The van der Waals surface area contributed by atoms with Gasteiger partial charge < -0.3 is 14.7 Å². The molecule has 1 amide bonds. The summed E-state index contributed by atoms with van der Waals surface area (Å²) in [5.74, 6) is -1.35. The molecule has 1 fully saturated rings. The van der Waals surface area contributed by atoms with E-state index in [0.717, 1.165) is 0 Å². The molecule has 2 atom stereocenters. The topological polar surface area (TPSA) is 66.8 Å². The number of fused-ring (bicyclic) bond motifs is 3. The molecule has 1 N–H and O–H groups in total. The van der Waals surface area contributed by atoms with Gasteiger partial charge >= 0.3 is 12.1 Å².